The number of nitrogens with two attached hydrogens (primary N) is 1. The van der Waals surface area contributed by atoms with Crippen LogP contribution in [0.25, 0.3) is 0 Å². The van der Waals surface area contributed by atoms with Gasteiger partial charge in [0.2, 0.25) is 0 Å². The van der Waals surface area contributed by atoms with Crippen molar-refractivity contribution in [3.63, 3.8) is 0 Å². The van der Waals surface area contributed by atoms with Crippen LogP contribution in [0.3, 0.4) is 0 Å². The topological polar surface area (TPSA) is 76.4 Å². The van der Waals surface area contributed by atoms with E-state index in [1.54, 1.807) is 12.1 Å². The van der Waals surface area contributed by atoms with Crippen LogP contribution in [-0.4, -0.2) is 25.3 Å². The monoisotopic (exact) mass is 377 g/mol. The maximum Gasteiger partial charge on any atom is 0.319 e. The van der Waals surface area contributed by atoms with Crippen LogP contribution in [0, 0.1) is 0 Å². The van der Waals surface area contributed by atoms with Gasteiger partial charge in [0.05, 0.1) is 18.3 Å². The molecule has 7 heteroatoms. The molecule has 0 radical (unpaired) electrons. The Hall–Kier alpha value is -0.790. The van der Waals surface area contributed by atoms with Gasteiger partial charge >= 0.3 is 6.03 Å². The van der Waals surface area contributed by atoms with Gasteiger partial charge in [-0.3, -0.25) is 0 Å². The van der Waals surface area contributed by atoms with Crippen LogP contribution < -0.4 is 16.4 Å². The van der Waals surface area contributed by atoms with Gasteiger partial charge in [0, 0.05) is 21.2 Å². The molecule has 0 bridgehead atoms. The van der Waals surface area contributed by atoms with Gasteiger partial charge in [0.1, 0.15) is 0 Å². The third-order valence-corrected chi connectivity index (χ3v) is 3.82. The summed E-state index contributed by atoms with van der Waals surface area (Å²) in [4.78, 5) is 11.8. The number of benzene rings is 1. The Kier molecular flexibility index (Phi) is 4.47. The van der Waals surface area contributed by atoms with Gasteiger partial charge in [0.25, 0.3) is 0 Å². The Labute approximate surface area is 122 Å². The number of hydrogen-bond acceptors (Lipinski definition) is 3. The third kappa shape index (κ3) is 3.37. The number of nitrogen functional groups attached to an aromatic ring is 1. The molecule has 4 N–H and O–H groups in total. The van der Waals surface area contributed by atoms with Gasteiger partial charge in [-0.15, -0.1) is 0 Å². The minimum Gasteiger partial charge on any atom is -0.399 e. The van der Waals surface area contributed by atoms with Crippen LogP contribution in [-0.2, 0) is 4.74 Å². The van der Waals surface area contributed by atoms with Crippen LogP contribution in [0.15, 0.2) is 21.1 Å². The molecule has 0 aliphatic carbocycles. The maximum absolute atomic E-state index is 11.8. The van der Waals surface area contributed by atoms with Crippen LogP contribution in [0.2, 0.25) is 0 Å². The summed E-state index contributed by atoms with van der Waals surface area (Å²) in [6.07, 6.45) is 0.845. The fraction of sp³-hybridized carbons (Fsp3) is 0.364. The molecule has 1 fully saturated rings. The van der Waals surface area contributed by atoms with E-state index in [1.165, 1.54) is 0 Å². The molecule has 0 saturated carbocycles. The molecule has 0 aromatic heterocycles. The number of hydrogen-bond donors (Lipinski definition) is 3. The number of carbonyl (C=O) groups is 1. The number of anilines is 2. The van der Waals surface area contributed by atoms with Gasteiger partial charge < -0.3 is 21.1 Å². The summed E-state index contributed by atoms with van der Waals surface area (Å²) in [5.74, 6) is 0. The molecule has 1 atom stereocenters. The molecular weight excluding hydrogens is 366 g/mol. The fourth-order valence-corrected chi connectivity index (χ4v) is 3.12. The van der Waals surface area contributed by atoms with E-state index >= 15 is 0 Å². The van der Waals surface area contributed by atoms with Crippen molar-refractivity contribution in [3.05, 3.63) is 21.1 Å². The first-order valence-electron chi connectivity index (χ1n) is 5.46. The number of halogens is 2. The van der Waals surface area contributed by atoms with Gasteiger partial charge in [-0.1, -0.05) is 0 Å². The second-order valence-electron chi connectivity index (χ2n) is 4.02. The normalized spacial score (nSPS) is 18.7. The van der Waals surface area contributed by atoms with Gasteiger partial charge in [-0.25, -0.2) is 4.79 Å². The summed E-state index contributed by atoms with van der Waals surface area (Å²) in [6.45, 7) is 1.26. The summed E-state index contributed by atoms with van der Waals surface area (Å²) in [5, 5.41) is 5.63. The van der Waals surface area contributed by atoms with Crippen LogP contribution in [0.1, 0.15) is 6.42 Å². The Morgan fingerprint density at radius 3 is 2.61 bits per heavy atom. The van der Waals surface area contributed by atoms with E-state index in [1.807, 2.05) is 0 Å². The lowest BCUT2D eigenvalue weighted by Crippen LogP contribution is -2.38. The molecule has 0 spiro atoms. The second-order valence-corrected chi connectivity index (χ2v) is 5.73. The van der Waals surface area contributed by atoms with Crippen molar-refractivity contribution in [1.29, 1.82) is 0 Å². The Bertz CT molecular complexity index is 439. The average Bonchev–Trinajstić information content (AvgIpc) is 2.76. The molecule has 1 heterocycles. The first-order chi connectivity index (χ1) is 8.56. The molecule has 1 saturated heterocycles. The van der Waals surface area contributed by atoms with E-state index in [0.29, 0.717) is 24.6 Å². The van der Waals surface area contributed by atoms with Gasteiger partial charge in [-0.2, -0.15) is 0 Å². The van der Waals surface area contributed by atoms with Crippen molar-refractivity contribution in [3.8, 4) is 0 Å². The highest BCUT2D eigenvalue weighted by molar-refractivity contribution is 9.11. The zero-order valence-electron chi connectivity index (χ0n) is 9.50. The summed E-state index contributed by atoms with van der Waals surface area (Å²) < 4.78 is 6.65. The lowest BCUT2D eigenvalue weighted by atomic mass is 10.2. The van der Waals surface area contributed by atoms with E-state index in [2.05, 4.69) is 42.5 Å². The lowest BCUT2D eigenvalue weighted by molar-refractivity contribution is 0.189. The summed E-state index contributed by atoms with van der Waals surface area (Å²) in [6, 6.07) is 3.30. The molecule has 1 unspecified atom stereocenters. The number of carbonyl (C=O) groups excluding carboxylic acids is 1. The fourth-order valence-electron chi connectivity index (χ4n) is 1.70. The van der Waals surface area contributed by atoms with Crippen molar-refractivity contribution in [2.45, 2.75) is 12.5 Å². The van der Waals surface area contributed by atoms with Crippen LogP contribution in [0.5, 0.6) is 0 Å². The first kappa shape index (κ1) is 13.6. The highest BCUT2D eigenvalue weighted by Crippen LogP contribution is 2.33. The molecule has 98 valence electrons. The summed E-state index contributed by atoms with van der Waals surface area (Å²) >= 11 is 6.72. The molecule has 1 aromatic rings. The minimum absolute atomic E-state index is 0.0799. The number of ether oxygens (including phenoxy) is 1. The SMILES string of the molecule is Nc1cc(Br)c(NC(=O)NC2CCOC2)c(Br)c1. The Balaban J connectivity index is 2.02. The predicted molar refractivity (Wildman–Crippen MR) is 77.6 cm³/mol. The molecular formula is C11H13Br2N3O2. The van der Waals surface area contributed by atoms with Crippen LogP contribution >= 0.6 is 31.9 Å². The van der Waals surface area contributed by atoms with Crippen molar-refractivity contribution in [2.24, 2.45) is 0 Å². The highest BCUT2D eigenvalue weighted by Gasteiger charge is 2.18. The number of rotatable bonds is 2. The number of urea groups is 1. The van der Waals surface area contributed by atoms with Gasteiger partial charge in [-0.05, 0) is 50.4 Å². The van der Waals surface area contributed by atoms with E-state index in [4.69, 9.17) is 10.5 Å². The summed E-state index contributed by atoms with van der Waals surface area (Å²) in [7, 11) is 0. The molecule has 18 heavy (non-hydrogen) atoms. The standard InChI is InChI=1S/C11H13Br2N3O2/c12-8-3-6(14)4-9(13)10(8)16-11(17)15-7-1-2-18-5-7/h3-4,7H,1-2,5,14H2,(H2,15,16,17). The smallest absolute Gasteiger partial charge is 0.319 e. The quantitative estimate of drug-likeness (QED) is 0.692. The maximum atomic E-state index is 11.8. The average molecular weight is 379 g/mol. The zero-order chi connectivity index (χ0) is 13.1. The molecule has 2 rings (SSSR count). The Morgan fingerprint density at radius 1 is 1.39 bits per heavy atom. The molecule has 2 amide bonds. The van der Waals surface area contributed by atoms with Crippen molar-refractivity contribution in [1.82, 2.24) is 5.32 Å². The molecule has 1 aromatic carbocycles. The van der Waals surface area contributed by atoms with E-state index in [0.717, 1.165) is 15.4 Å². The number of amides is 2. The minimum atomic E-state index is -0.253. The molecule has 5 nitrogen and oxygen atoms in total. The second kappa shape index (κ2) is 5.90. The zero-order valence-corrected chi connectivity index (χ0v) is 12.7. The first-order valence-corrected chi connectivity index (χ1v) is 7.04. The van der Waals surface area contributed by atoms with E-state index in [9.17, 15) is 4.79 Å². The molecule has 1 aliphatic heterocycles. The number of nitrogens with one attached hydrogen (secondary N) is 2. The van der Waals surface area contributed by atoms with Crippen molar-refractivity contribution >= 4 is 49.3 Å². The molecule has 1 aliphatic rings. The van der Waals surface area contributed by atoms with Crippen molar-refractivity contribution < 1.29 is 9.53 Å². The summed E-state index contributed by atoms with van der Waals surface area (Å²) in [5.41, 5.74) is 6.95. The largest absolute Gasteiger partial charge is 0.399 e. The van der Waals surface area contributed by atoms with E-state index in [-0.39, 0.29) is 12.1 Å². The van der Waals surface area contributed by atoms with Gasteiger partial charge in [0.15, 0.2) is 0 Å². The predicted octanol–water partition coefficient (Wildman–Crippen LogP) is 2.70. The van der Waals surface area contributed by atoms with Crippen LogP contribution in [0.4, 0.5) is 16.2 Å². The van der Waals surface area contributed by atoms with Crippen molar-refractivity contribution in [2.75, 3.05) is 24.3 Å². The highest BCUT2D eigenvalue weighted by atomic mass is 79.9. The third-order valence-electron chi connectivity index (χ3n) is 2.57. The Morgan fingerprint density at radius 2 is 2.06 bits per heavy atom. The lowest BCUT2D eigenvalue weighted by Gasteiger charge is -2.14. The van der Waals surface area contributed by atoms with E-state index < -0.39 is 0 Å².